The van der Waals surface area contributed by atoms with Crippen LogP contribution in [0.25, 0.3) is 6.08 Å². The molecule has 2 aliphatic heterocycles. The summed E-state index contributed by atoms with van der Waals surface area (Å²) in [6, 6.07) is 7.07. The van der Waals surface area contributed by atoms with Crippen molar-refractivity contribution < 1.29 is 24.5 Å². The molecule has 0 atom stereocenters. The lowest BCUT2D eigenvalue weighted by Crippen LogP contribution is -2.30. The number of aliphatic carboxylic acids is 1. The van der Waals surface area contributed by atoms with Crippen molar-refractivity contribution in [3.63, 3.8) is 0 Å². The molecule has 0 saturated heterocycles. The van der Waals surface area contributed by atoms with Gasteiger partial charge in [0.15, 0.2) is 11.5 Å². The van der Waals surface area contributed by atoms with Crippen molar-refractivity contribution in [2.45, 2.75) is 58.6 Å². The number of rotatable bonds is 5. The van der Waals surface area contributed by atoms with E-state index in [-0.39, 0.29) is 16.9 Å². The van der Waals surface area contributed by atoms with Crippen LogP contribution < -0.4 is 14.6 Å². The standard InChI is InChI=1S/C26H29NO5/c1-6-31-20-12-17-13-25(2,3)27-23(22(17)18-14-26(4,5)32-24(18)20)16-8-7-15(19(28)11-16)9-10-21(29)30/h7-12,28H,6,13-14H2,1-5H3,(H,29,30)/p-1/b10-9+. The largest absolute Gasteiger partial charge is 0.872 e. The minimum absolute atomic E-state index is 0.244. The minimum Gasteiger partial charge on any atom is -0.872 e. The Balaban J connectivity index is 1.89. The first-order chi connectivity index (χ1) is 15.0. The topological polar surface area (TPSA) is 91.2 Å². The van der Waals surface area contributed by atoms with Gasteiger partial charge in [-0.05, 0) is 69.9 Å². The first-order valence-corrected chi connectivity index (χ1v) is 10.8. The van der Waals surface area contributed by atoms with Crippen molar-refractivity contribution in [2.24, 2.45) is 4.99 Å². The second-order valence-corrected chi connectivity index (χ2v) is 9.56. The maximum absolute atomic E-state index is 12.7. The Kier molecular flexibility index (Phi) is 5.27. The van der Waals surface area contributed by atoms with Crippen LogP contribution in [0.2, 0.25) is 0 Å². The molecular formula is C26H28NO5-. The van der Waals surface area contributed by atoms with E-state index >= 15 is 0 Å². The Bertz CT molecular complexity index is 1160. The van der Waals surface area contributed by atoms with Gasteiger partial charge in [0.1, 0.15) is 5.60 Å². The first kappa shape index (κ1) is 21.9. The molecule has 0 aliphatic carbocycles. The lowest BCUT2D eigenvalue weighted by molar-refractivity contribution is -0.268. The summed E-state index contributed by atoms with van der Waals surface area (Å²) in [6.45, 7) is 10.8. The number of carboxylic acids is 1. The van der Waals surface area contributed by atoms with Gasteiger partial charge in [-0.2, -0.15) is 0 Å². The zero-order valence-electron chi connectivity index (χ0n) is 19.1. The van der Waals surface area contributed by atoms with Crippen molar-refractivity contribution in [1.82, 2.24) is 0 Å². The van der Waals surface area contributed by atoms with E-state index in [2.05, 4.69) is 33.8 Å². The van der Waals surface area contributed by atoms with Gasteiger partial charge in [-0.15, -0.1) is 5.75 Å². The molecule has 168 valence electrons. The van der Waals surface area contributed by atoms with Crippen LogP contribution in [-0.4, -0.2) is 34.5 Å². The SMILES string of the molecule is CCOc1cc2c(c3c1OC(C)(C)C3)C(c1ccc(/C=C/C(=O)O)c([O-])c1)=NC(C)(C)C2. The second kappa shape index (κ2) is 7.69. The number of carbonyl (C=O) groups is 1. The lowest BCUT2D eigenvalue weighted by atomic mass is 9.81. The summed E-state index contributed by atoms with van der Waals surface area (Å²) < 4.78 is 12.2. The normalized spacial score (nSPS) is 18.0. The molecule has 0 radical (unpaired) electrons. The predicted molar refractivity (Wildman–Crippen MR) is 122 cm³/mol. The molecular weight excluding hydrogens is 406 g/mol. The van der Waals surface area contributed by atoms with Gasteiger partial charge in [0.25, 0.3) is 0 Å². The average Bonchev–Trinajstić information content (AvgIpc) is 3.01. The van der Waals surface area contributed by atoms with E-state index in [0.717, 1.165) is 46.4 Å². The van der Waals surface area contributed by atoms with Crippen molar-refractivity contribution in [1.29, 1.82) is 0 Å². The number of aliphatic imine (C=N–C) groups is 1. The van der Waals surface area contributed by atoms with E-state index in [1.807, 2.05) is 13.0 Å². The van der Waals surface area contributed by atoms with Crippen molar-refractivity contribution in [3.05, 3.63) is 58.2 Å². The van der Waals surface area contributed by atoms with E-state index in [0.29, 0.717) is 24.2 Å². The fourth-order valence-corrected chi connectivity index (χ4v) is 4.52. The molecule has 1 N–H and O–H groups in total. The quantitative estimate of drug-likeness (QED) is 0.714. The average molecular weight is 435 g/mol. The molecule has 2 aromatic rings. The monoisotopic (exact) mass is 434 g/mol. The smallest absolute Gasteiger partial charge is 0.328 e. The van der Waals surface area contributed by atoms with Gasteiger partial charge in [0, 0.05) is 23.6 Å². The van der Waals surface area contributed by atoms with Crippen LogP contribution in [0.5, 0.6) is 17.2 Å². The Labute approximate surface area is 188 Å². The highest BCUT2D eigenvalue weighted by Gasteiger charge is 2.39. The van der Waals surface area contributed by atoms with Crippen LogP contribution in [0.3, 0.4) is 0 Å². The molecule has 0 saturated carbocycles. The number of benzene rings is 2. The van der Waals surface area contributed by atoms with E-state index in [4.69, 9.17) is 19.6 Å². The van der Waals surface area contributed by atoms with Crippen LogP contribution in [0, 0.1) is 0 Å². The van der Waals surface area contributed by atoms with Gasteiger partial charge in [0.2, 0.25) is 0 Å². The molecule has 0 amide bonds. The summed E-state index contributed by atoms with van der Waals surface area (Å²) in [5.74, 6) is 0.171. The summed E-state index contributed by atoms with van der Waals surface area (Å²) in [6.07, 6.45) is 3.75. The molecule has 0 bridgehead atoms. The van der Waals surface area contributed by atoms with Crippen LogP contribution in [0.15, 0.2) is 35.3 Å². The molecule has 4 rings (SSSR count). The van der Waals surface area contributed by atoms with E-state index in [9.17, 15) is 9.90 Å². The highest BCUT2D eigenvalue weighted by molar-refractivity contribution is 6.16. The lowest BCUT2D eigenvalue weighted by Gasteiger charge is -2.31. The fourth-order valence-electron chi connectivity index (χ4n) is 4.52. The maximum atomic E-state index is 12.7. The third kappa shape index (κ3) is 4.09. The molecule has 6 heteroatoms. The zero-order chi connectivity index (χ0) is 23.3. The molecule has 0 unspecified atom stereocenters. The summed E-state index contributed by atoms with van der Waals surface area (Å²) in [4.78, 5) is 15.9. The highest BCUT2D eigenvalue weighted by atomic mass is 16.5. The molecule has 6 nitrogen and oxygen atoms in total. The predicted octanol–water partition coefficient (Wildman–Crippen LogP) is 4.14. The van der Waals surface area contributed by atoms with Gasteiger partial charge in [0.05, 0.1) is 17.9 Å². The van der Waals surface area contributed by atoms with Crippen molar-refractivity contribution >= 4 is 17.8 Å². The molecule has 2 aromatic carbocycles. The first-order valence-electron chi connectivity index (χ1n) is 10.8. The minimum atomic E-state index is -1.09. The highest BCUT2D eigenvalue weighted by Crippen LogP contribution is 2.48. The van der Waals surface area contributed by atoms with Crippen LogP contribution in [-0.2, 0) is 17.6 Å². The zero-order valence-corrected chi connectivity index (χ0v) is 19.1. The third-order valence-electron chi connectivity index (χ3n) is 5.67. The fraction of sp³-hybridized carbons (Fsp3) is 0.385. The third-order valence-corrected chi connectivity index (χ3v) is 5.67. The molecule has 2 aliphatic rings. The summed E-state index contributed by atoms with van der Waals surface area (Å²) in [7, 11) is 0. The Hall–Kier alpha value is -3.28. The van der Waals surface area contributed by atoms with Crippen LogP contribution in [0.4, 0.5) is 0 Å². The molecule has 2 heterocycles. The van der Waals surface area contributed by atoms with Gasteiger partial charge in [-0.3, -0.25) is 4.99 Å². The maximum Gasteiger partial charge on any atom is 0.328 e. The number of hydrogen-bond acceptors (Lipinski definition) is 5. The Morgan fingerprint density at radius 1 is 1.25 bits per heavy atom. The van der Waals surface area contributed by atoms with Crippen LogP contribution >= 0.6 is 0 Å². The Morgan fingerprint density at radius 3 is 2.66 bits per heavy atom. The molecule has 0 spiro atoms. The number of nitrogens with zero attached hydrogens (tertiary/aromatic N) is 1. The molecule has 0 fully saturated rings. The number of hydrogen-bond donors (Lipinski definition) is 1. The van der Waals surface area contributed by atoms with Gasteiger partial charge in [-0.25, -0.2) is 4.79 Å². The molecule has 0 aromatic heterocycles. The summed E-state index contributed by atoms with van der Waals surface area (Å²) in [5, 5.41) is 21.6. The van der Waals surface area contributed by atoms with E-state index in [1.165, 1.54) is 12.1 Å². The number of ether oxygens (including phenoxy) is 2. The van der Waals surface area contributed by atoms with Gasteiger partial charge >= 0.3 is 5.97 Å². The van der Waals surface area contributed by atoms with Crippen LogP contribution in [0.1, 0.15) is 62.4 Å². The van der Waals surface area contributed by atoms with Crippen molar-refractivity contribution in [2.75, 3.05) is 6.61 Å². The van der Waals surface area contributed by atoms with Gasteiger partial charge < -0.3 is 19.7 Å². The Morgan fingerprint density at radius 2 is 2.00 bits per heavy atom. The van der Waals surface area contributed by atoms with E-state index < -0.39 is 5.97 Å². The summed E-state index contributed by atoms with van der Waals surface area (Å²) >= 11 is 0. The van der Waals surface area contributed by atoms with Crippen molar-refractivity contribution in [3.8, 4) is 17.2 Å². The van der Waals surface area contributed by atoms with E-state index in [1.54, 1.807) is 6.07 Å². The number of carboxylic acid groups (broad SMARTS) is 1. The summed E-state index contributed by atoms with van der Waals surface area (Å²) in [5.41, 5.74) is 4.31. The molecule has 32 heavy (non-hydrogen) atoms. The van der Waals surface area contributed by atoms with Gasteiger partial charge in [-0.1, -0.05) is 18.2 Å². The number of fused-ring (bicyclic) bond motifs is 3. The second-order valence-electron chi connectivity index (χ2n) is 9.56.